The van der Waals surface area contributed by atoms with Gasteiger partial charge in [-0.25, -0.2) is 4.39 Å². The van der Waals surface area contributed by atoms with Crippen LogP contribution < -0.4 is 5.32 Å². The fourth-order valence-corrected chi connectivity index (χ4v) is 4.60. The van der Waals surface area contributed by atoms with Crippen LogP contribution in [-0.4, -0.2) is 66.1 Å². The van der Waals surface area contributed by atoms with E-state index in [2.05, 4.69) is 20.5 Å². The number of halogens is 1. The summed E-state index contributed by atoms with van der Waals surface area (Å²) < 4.78 is 16.0. The van der Waals surface area contributed by atoms with E-state index in [-0.39, 0.29) is 37.0 Å². The van der Waals surface area contributed by atoms with Crippen molar-refractivity contribution >= 4 is 34.3 Å². The fraction of sp³-hybridized carbons (Fsp3) is 0.231. The van der Waals surface area contributed by atoms with Gasteiger partial charge in [0.25, 0.3) is 0 Å². The van der Waals surface area contributed by atoms with E-state index in [1.54, 1.807) is 29.2 Å². The van der Waals surface area contributed by atoms with Crippen molar-refractivity contribution in [3.05, 3.63) is 66.6 Å². The minimum absolute atomic E-state index is 0.0995. The van der Waals surface area contributed by atoms with Gasteiger partial charge in [-0.05, 0) is 36.8 Å². The van der Waals surface area contributed by atoms with E-state index in [4.69, 9.17) is 0 Å². The summed E-state index contributed by atoms with van der Waals surface area (Å²) in [7, 11) is 0. The molecule has 2 N–H and O–H groups in total. The molecule has 2 atom stereocenters. The molecule has 10 nitrogen and oxygen atoms in total. The number of fused-ring (bicyclic) bond motifs is 1. The Morgan fingerprint density at radius 2 is 1.97 bits per heavy atom. The van der Waals surface area contributed by atoms with E-state index in [9.17, 15) is 23.9 Å². The van der Waals surface area contributed by atoms with Gasteiger partial charge in [-0.15, -0.1) is 0 Å². The lowest BCUT2D eigenvalue weighted by Gasteiger charge is -2.24. The van der Waals surface area contributed by atoms with Crippen molar-refractivity contribution in [2.75, 3.05) is 11.9 Å². The second kappa shape index (κ2) is 9.76. The molecule has 188 valence electrons. The number of nitrogens with one attached hydrogen (secondary N) is 1. The summed E-state index contributed by atoms with van der Waals surface area (Å²) in [5.74, 6) is -1.39. The number of aromatic hydroxyl groups is 1. The van der Waals surface area contributed by atoms with Crippen LogP contribution in [0.2, 0.25) is 0 Å². The molecule has 1 fully saturated rings. The Morgan fingerprint density at radius 1 is 1.14 bits per heavy atom. The van der Waals surface area contributed by atoms with Gasteiger partial charge in [0.05, 0.1) is 18.9 Å². The maximum atomic E-state index is 14.4. The molecule has 37 heavy (non-hydrogen) atoms. The number of amides is 2. The average Bonchev–Trinajstić information content (AvgIpc) is 3.45. The molecule has 1 aliphatic rings. The SMILES string of the molecule is CC(=O)c1cn(CC(=O)N2C[C@H](F)C[C@H]2C(=O)Nc2cccc(O)n2)c2ccc(-c3ccnnc3)cc12. The number of hydrogen-bond acceptors (Lipinski definition) is 7. The molecular formula is C26H23FN6O4. The molecule has 0 bridgehead atoms. The molecule has 0 aliphatic carbocycles. The minimum Gasteiger partial charge on any atom is -0.493 e. The summed E-state index contributed by atoms with van der Waals surface area (Å²) in [6, 6.07) is 10.6. The number of pyridine rings is 1. The van der Waals surface area contributed by atoms with Gasteiger partial charge in [-0.1, -0.05) is 12.1 Å². The number of aromatic nitrogens is 4. The third-order valence-electron chi connectivity index (χ3n) is 6.34. The van der Waals surface area contributed by atoms with Crippen molar-refractivity contribution < 1.29 is 23.9 Å². The van der Waals surface area contributed by atoms with Gasteiger partial charge in [0, 0.05) is 40.7 Å². The van der Waals surface area contributed by atoms with Gasteiger partial charge in [0.2, 0.25) is 17.7 Å². The molecule has 4 aromatic rings. The molecule has 0 spiro atoms. The molecule has 1 aromatic carbocycles. The molecule has 1 saturated heterocycles. The highest BCUT2D eigenvalue weighted by atomic mass is 19.1. The number of nitrogens with zero attached hydrogens (tertiary/aromatic N) is 5. The standard InChI is InChI=1S/C26H23FN6O4/c1-15(34)20-13-32(21-6-5-16(9-19(20)21)17-7-8-28-29-11-17)14-25(36)33-12-18(27)10-22(33)26(37)31-23-3-2-4-24(35)30-23/h2-9,11,13,18,22H,10,12,14H2,1H3,(H2,30,31,35,37)/t18-,22+/m1/s1. The maximum Gasteiger partial charge on any atom is 0.248 e. The van der Waals surface area contributed by atoms with Crippen LogP contribution in [0.15, 0.2) is 61.1 Å². The van der Waals surface area contributed by atoms with E-state index in [1.165, 1.54) is 30.0 Å². The predicted molar refractivity (Wildman–Crippen MR) is 133 cm³/mol. The number of anilines is 1. The van der Waals surface area contributed by atoms with Crippen LogP contribution in [0, 0.1) is 0 Å². The van der Waals surface area contributed by atoms with E-state index in [1.807, 2.05) is 18.2 Å². The number of likely N-dealkylation sites (tertiary alicyclic amines) is 1. The average molecular weight is 503 g/mol. The summed E-state index contributed by atoms with van der Waals surface area (Å²) >= 11 is 0. The number of hydrogen-bond donors (Lipinski definition) is 2. The second-order valence-corrected chi connectivity index (χ2v) is 8.86. The summed E-state index contributed by atoms with van der Waals surface area (Å²) in [6.07, 6.45) is 3.29. The van der Waals surface area contributed by atoms with Crippen molar-refractivity contribution in [2.45, 2.75) is 32.1 Å². The Morgan fingerprint density at radius 3 is 2.70 bits per heavy atom. The lowest BCUT2D eigenvalue weighted by molar-refractivity contribution is -0.137. The maximum absolute atomic E-state index is 14.4. The molecule has 3 aromatic heterocycles. The summed E-state index contributed by atoms with van der Waals surface area (Å²) in [4.78, 5) is 43.6. The van der Waals surface area contributed by atoms with Gasteiger partial charge in [0.1, 0.15) is 24.6 Å². The zero-order chi connectivity index (χ0) is 26.1. The normalized spacial score (nSPS) is 17.2. The lowest BCUT2D eigenvalue weighted by Crippen LogP contribution is -2.44. The number of benzene rings is 1. The van der Waals surface area contributed by atoms with Gasteiger partial charge in [-0.3, -0.25) is 14.4 Å². The first-order chi connectivity index (χ1) is 17.8. The Kier molecular flexibility index (Phi) is 6.34. The van der Waals surface area contributed by atoms with E-state index >= 15 is 0 Å². The molecule has 0 saturated carbocycles. The predicted octanol–water partition coefficient (Wildman–Crippen LogP) is 2.98. The molecular weight excluding hydrogens is 479 g/mol. The first-order valence-corrected chi connectivity index (χ1v) is 11.6. The lowest BCUT2D eigenvalue weighted by atomic mass is 10.0. The van der Waals surface area contributed by atoms with Gasteiger partial charge < -0.3 is 19.9 Å². The minimum atomic E-state index is -1.36. The summed E-state index contributed by atoms with van der Waals surface area (Å²) in [5.41, 5.74) is 2.77. The largest absolute Gasteiger partial charge is 0.493 e. The third-order valence-corrected chi connectivity index (χ3v) is 6.34. The Labute approximate surface area is 210 Å². The summed E-state index contributed by atoms with van der Waals surface area (Å²) in [5, 5.41) is 20.4. The van der Waals surface area contributed by atoms with Crippen molar-refractivity contribution in [2.24, 2.45) is 0 Å². The Balaban J connectivity index is 1.41. The number of carbonyl (C=O) groups excluding carboxylic acids is 3. The fourth-order valence-electron chi connectivity index (χ4n) is 4.60. The zero-order valence-electron chi connectivity index (χ0n) is 19.8. The molecule has 0 unspecified atom stereocenters. The van der Waals surface area contributed by atoms with Crippen LogP contribution in [-0.2, 0) is 16.1 Å². The van der Waals surface area contributed by atoms with Gasteiger partial charge in [0.15, 0.2) is 5.78 Å². The number of Topliss-reactive ketones (excluding diaryl/α,β-unsaturated/α-hetero) is 1. The number of carbonyl (C=O) groups is 3. The monoisotopic (exact) mass is 502 g/mol. The highest BCUT2D eigenvalue weighted by Crippen LogP contribution is 2.29. The van der Waals surface area contributed by atoms with Crippen LogP contribution in [0.1, 0.15) is 23.7 Å². The van der Waals surface area contributed by atoms with Gasteiger partial charge >= 0.3 is 0 Å². The van der Waals surface area contributed by atoms with Crippen LogP contribution in [0.4, 0.5) is 10.2 Å². The molecule has 11 heteroatoms. The van der Waals surface area contributed by atoms with E-state index < -0.39 is 24.0 Å². The highest BCUT2D eigenvalue weighted by Gasteiger charge is 2.40. The van der Waals surface area contributed by atoms with Crippen molar-refractivity contribution in [1.29, 1.82) is 0 Å². The Hall–Kier alpha value is -4.67. The van der Waals surface area contributed by atoms with Crippen LogP contribution in [0.5, 0.6) is 5.88 Å². The van der Waals surface area contributed by atoms with Crippen LogP contribution in [0.25, 0.3) is 22.0 Å². The smallest absolute Gasteiger partial charge is 0.248 e. The topological polar surface area (TPSA) is 130 Å². The second-order valence-electron chi connectivity index (χ2n) is 8.86. The van der Waals surface area contributed by atoms with Gasteiger partial charge in [-0.2, -0.15) is 15.2 Å². The van der Waals surface area contributed by atoms with Crippen LogP contribution >= 0.6 is 0 Å². The first-order valence-electron chi connectivity index (χ1n) is 11.6. The summed E-state index contributed by atoms with van der Waals surface area (Å²) in [6.45, 7) is 1.05. The quantitative estimate of drug-likeness (QED) is 0.388. The molecule has 5 rings (SSSR count). The van der Waals surface area contributed by atoms with Crippen LogP contribution in [0.3, 0.4) is 0 Å². The highest BCUT2D eigenvalue weighted by molar-refractivity contribution is 6.08. The number of rotatable bonds is 6. The molecule has 0 radical (unpaired) electrons. The van der Waals surface area contributed by atoms with E-state index in [0.717, 1.165) is 11.1 Å². The molecule has 4 heterocycles. The van der Waals surface area contributed by atoms with Crippen molar-refractivity contribution in [1.82, 2.24) is 24.6 Å². The van der Waals surface area contributed by atoms with E-state index in [0.29, 0.717) is 16.5 Å². The zero-order valence-corrected chi connectivity index (χ0v) is 19.8. The first kappa shape index (κ1) is 24.0. The molecule has 1 aliphatic heterocycles. The van der Waals surface area contributed by atoms with Crippen molar-refractivity contribution in [3.8, 4) is 17.0 Å². The van der Waals surface area contributed by atoms with Crippen molar-refractivity contribution in [3.63, 3.8) is 0 Å². The molecule has 2 amide bonds. The third kappa shape index (κ3) is 4.88. The Bertz CT molecular complexity index is 1510. The number of alkyl halides is 1. The number of ketones is 1.